The number of ether oxygens (including phenoxy) is 1. The molecule has 1 N–H and O–H groups in total. The zero-order valence-corrected chi connectivity index (χ0v) is 27.3. The second-order valence-corrected chi connectivity index (χ2v) is 22.0. The minimum Gasteiger partial charge on any atom is -0.598 e. The Kier molecular flexibility index (Phi) is 12.1. The van der Waals surface area contributed by atoms with E-state index in [1.165, 1.54) is 19.2 Å². The first-order valence-corrected chi connectivity index (χ1v) is 18.0. The molecule has 1 rings (SSSR count). The summed E-state index contributed by atoms with van der Waals surface area (Å²) in [7, 11) is -2.55. The Morgan fingerprint density at radius 2 is 1.59 bits per heavy atom. The van der Waals surface area contributed by atoms with Gasteiger partial charge in [0, 0.05) is 33.3 Å². The van der Waals surface area contributed by atoms with Crippen LogP contribution in [0.25, 0.3) is 0 Å². The third-order valence-electron chi connectivity index (χ3n) is 6.67. The van der Waals surface area contributed by atoms with Crippen molar-refractivity contribution in [2.75, 3.05) is 7.11 Å². The van der Waals surface area contributed by atoms with Crippen molar-refractivity contribution in [3.05, 3.63) is 35.6 Å². The third kappa shape index (κ3) is 10.0. The highest BCUT2D eigenvalue weighted by Crippen LogP contribution is 2.41. The quantitative estimate of drug-likeness (QED) is 0.192. The highest BCUT2D eigenvalue weighted by molar-refractivity contribution is 7.91. The van der Waals surface area contributed by atoms with Gasteiger partial charge in [-0.3, -0.25) is 9.00 Å². The largest absolute Gasteiger partial charge is 0.598 e. The number of carbonyl (C=O) groups excluding carboxylic acids is 1. The van der Waals surface area contributed by atoms with Crippen molar-refractivity contribution < 1.29 is 27.1 Å². The Morgan fingerprint density at radius 1 is 1.08 bits per heavy atom. The molecule has 0 radical (unpaired) electrons. The monoisotopic (exact) mass is 577 g/mol. The summed E-state index contributed by atoms with van der Waals surface area (Å²) in [5.41, 5.74) is 0.653. The van der Waals surface area contributed by atoms with E-state index in [1.807, 2.05) is 41.5 Å². The minimum absolute atomic E-state index is 0.0917. The molecule has 0 saturated carbocycles. The summed E-state index contributed by atoms with van der Waals surface area (Å²) >= 11 is -1.53. The number of carbonyl (C=O) groups is 1. The molecule has 0 bridgehead atoms. The topological polar surface area (TPSA) is 87.7 Å². The van der Waals surface area contributed by atoms with Gasteiger partial charge in [-0.2, -0.15) is 0 Å². The van der Waals surface area contributed by atoms with E-state index in [-0.39, 0.29) is 23.8 Å². The van der Waals surface area contributed by atoms with Crippen LogP contribution in [0, 0.1) is 5.82 Å². The molecule has 0 aromatic heterocycles. The molecule has 1 aromatic rings. The number of hydrogen-bond acceptors (Lipinski definition) is 6. The first kappa shape index (κ1) is 34.2. The maximum absolute atomic E-state index is 14.1. The normalized spacial score (nSPS) is 17.6. The predicted molar refractivity (Wildman–Crippen MR) is 155 cm³/mol. The average molecular weight is 578 g/mol. The van der Waals surface area contributed by atoms with Crippen LogP contribution in [0.15, 0.2) is 24.3 Å². The standard InChI is InChI=1S/C27H48FNO5S2Si/c1-25(2,3)35(31)24(19-13-15-20(28)16-14-19)23(29-36(32)26(4,5)6)21(17-18-22(30)33-10)34-37(11,12)27(7,8)9/h13-16,21,23-24,29H,17-18H2,1-12H3/t21-,23?,24?,35?,36?/m0/s1. The average Bonchev–Trinajstić information content (AvgIpc) is 2.74. The molecular formula is C27H48FNO5S2Si. The number of nitrogens with one attached hydrogen (secondary N) is 1. The summed E-state index contributed by atoms with van der Waals surface area (Å²) in [5, 5.41) is -0.821. The molecule has 5 atom stereocenters. The van der Waals surface area contributed by atoms with Crippen molar-refractivity contribution in [2.45, 2.75) is 120 Å². The van der Waals surface area contributed by atoms with E-state index in [0.717, 1.165) is 0 Å². The van der Waals surface area contributed by atoms with Gasteiger partial charge < -0.3 is 13.7 Å². The number of esters is 1. The molecule has 0 saturated heterocycles. The molecule has 4 unspecified atom stereocenters. The van der Waals surface area contributed by atoms with Gasteiger partial charge >= 0.3 is 5.97 Å². The Hall–Kier alpha value is -0.783. The second kappa shape index (κ2) is 13.0. The summed E-state index contributed by atoms with van der Waals surface area (Å²) in [6.07, 6.45) is -0.223. The van der Waals surface area contributed by atoms with Crippen LogP contribution in [0.2, 0.25) is 18.1 Å². The van der Waals surface area contributed by atoms with E-state index in [9.17, 15) is 17.9 Å². The van der Waals surface area contributed by atoms with Crippen LogP contribution in [0.5, 0.6) is 0 Å². The lowest BCUT2D eigenvalue weighted by molar-refractivity contribution is -0.141. The first-order chi connectivity index (χ1) is 16.6. The number of halogens is 1. The molecule has 214 valence electrons. The Labute approximate surface area is 230 Å². The molecule has 0 amide bonds. The van der Waals surface area contributed by atoms with Gasteiger partial charge in [-0.05, 0) is 83.8 Å². The molecular weight excluding hydrogens is 530 g/mol. The highest BCUT2D eigenvalue weighted by Gasteiger charge is 2.47. The molecule has 0 heterocycles. The molecule has 0 aliphatic heterocycles. The summed E-state index contributed by atoms with van der Waals surface area (Å²) in [4.78, 5) is 12.2. The van der Waals surface area contributed by atoms with Gasteiger partial charge in [0.25, 0.3) is 0 Å². The van der Waals surface area contributed by atoms with Crippen LogP contribution in [-0.4, -0.2) is 51.8 Å². The van der Waals surface area contributed by atoms with E-state index in [2.05, 4.69) is 38.6 Å². The Balaban J connectivity index is 3.83. The fraction of sp³-hybridized carbons (Fsp3) is 0.741. The fourth-order valence-electron chi connectivity index (χ4n) is 3.36. The van der Waals surface area contributed by atoms with Crippen molar-refractivity contribution in [3.63, 3.8) is 0 Å². The summed E-state index contributed by atoms with van der Waals surface area (Å²) in [6.45, 7) is 21.8. The van der Waals surface area contributed by atoms with Crippen LogP contribution in [0.4, 0.5) is 4.39 Å². The number of hydrogen-bond donors (Lipinski definition) is 1. The van der Waals surface area contributed by atoms with Gasteiger partial charge in [0.1, 0.15) is 10.6 Å². The van der Waals surface area contributed by atoms with Gasteiger partial charge in [-0.1, -0.05) is 32.9 Å². The highest BCUT2D eigenvalue weighted by atomic mass is 32.2. The van der Waals surface area contributed by atoms with Gasteiger partial charge in [-0.15, -0.1) is 4.72 Å². The van der Waals surface area contributed by atoms with Crippen molar-refractivity contribution in [3.8, 4) is 0 Å². The molecule has 0 aliphatic carbocycles. The van der Waals surface area contributed by atoms with Gasteiger partial charge in [0.15, 0.2) is 8.32 Å². The van der Waals surface area contributed by atoms with E-state index in [4.69, 9.17) is 9.16 Å². The number of rotatable bonds is 11. The van der Waals surface area contributed by atoms with E-state index < -0.39 is 63.2 Å². The van der Waals surface area contributed by atoms with Crippen molar-refractivity contribution >= 4 is 36.4 Å². The lowest BCUT2D eigenvalue weighted by Crippen LogP contribution is -2.57. The maximum Gasteiger partial charge on any atom is 0.305 e. The summed E-state index contributed by atoms with van der Waals surface area (Å²) in [5.74, 6) is -0.776. The van der Waals surface area contributed by atoms with Crippen LogP contribution >= 0.6 is 0 Å². The first-order valence-electron chi connectivity index (χ1n) is 12.7. The lowest BCUT2D eigenvalue weighted by Gasteiger charge is -2.44. The smallest absolute Gasteiger partial charge is 0.305 e. The van der Waals surface area contributed by atoms with Crippen LogP contribution in [0.1, 0.15) is 86.0 Å². The van der Waals surface area contributed by atoms with E-state index in [0.29, 0.717) is 5.56 Å². The van der Waals surface area contributed by atoms with Gasteiger partial charge in [0.2, 0.25) is 0 Å². The van der Waals surface area contributed by atoms with E-state index in [1.54, 1.807) is 12.1 Å². The SMILES string of the molecule is COC(=O)CC[C@H](O[Si](C)(C)C(C)(C)C)C(N[S+]([O-])C(C)(C)C)C(c1ccc(F)cc1)S(=O)C(C)(C)C. The molecule has 37 heavy (non-hydrogen) atoms. The third-order valence-corrected chi connectivity index (χ3v) is 15.0. The summed E-state index contributed by atoms with van der Waals surface area (Å²) < 4.78 is 55.4. The lowest BCUT2D eigenvalue weighted by atomic mass is 9.98. The van der Waals surface area contributed by atoms with Crippen LogP contribution in [0.3, 0.4) is 0 Å². The predicted octanol–water partition coefficient (Wildman–Crippen LogP) is 6.18. The molecule has 0 fully saturated rings. The Bertz CT molecular complexity index is 907. The number of benzene rings is 1. The maximum atomic E-state index is 14.1. The molecule has 0 aliphatic rings. The molecule has 1 aromatic carbocycles. The summed E-state index contributed by atoms with van der Waals surface area (Å²) in [6, 6.07) is 5.25. The van der Waals surface area contributed by atoms with Gasteiger partial charge in [-0.25, -0.2) is 4.39 Å². The molecule has 6 nitrogen and oxygen atoms in total. The molecule has 10 heteroatoms. The van der Waals surface area contributed by atoms with Crippen LogP contribution in [-0.2, 0) is 36.1 Å². The molecule has 0 spiro atoms. The zero-order valence-electron chi connectivity index (χ0n) is 24.7. The van der Waals surface area contributed by atoms with Crippen molar-refractivity contribution in [1.82, 2.24) is 4.72 Å². The van der Waals surface area contributed by atoms with Crippen molar-refractivity contribution in [1.29, 1.82) is 0 Å². The van der Waals surface area contributed by atoms with Gasteiger partial charge in [0.05, 0.1) is 24.5 Å². The van der Waals surface area contributed by atoms with Crippen molar-refractivity contribution in [2.24, 2.45) is 0 Å². The number of methoxy groups -OCH3 is 1. The zero-order chi connectivity index (χ0) is 29.0. The minimum atomic E-state index is -2.40. The van der Waals surface area contributed by atoms with Crippen LogP contribution < -0.4 is 4.72 Å². The van der Waals surface area contributed by atoms with E-state index >= 15 is 0 Å². The second-order valence-electron chi connectivity index (χ2n) is 12.9. The fourth-order valence-corrected chi connectivity index (χ4v) is 7.39. The Morgan fingerprint density at radius 3 is 2.00 bits per heavy atom.